The molecule has 6 rings (SSSR count). The van der Waals surface area contributed by atoms with Gasteiger partial charge in [0.2, 0.25) is 0 Å². The van der Waals surface area contributed by atoms with E-state index in [2.05, 4.69) is 27.2 Å². The van der Waals surface area contributed by atoms with Gasteiger partial charge in [-0.3, -0.25) is 19.1 Å². The first-order chi connectivity index (χ1) is 18.0. The van der Waals surface area contributed by atoms with E-state index in [0.29, 0.717) is 23.9 Å². The quantitative estimate of drug-likeness (QED) is 0.431. The zero-order chi connectivity index (χ0) is 25.5. The fraction of sp³-hybridized carbons (Fsp3) is 0.393. The molecule has 1 aliphatic heterocycles. The largest absolute Gasteiger partial charge is 0.335 e. The predicted octanol–water partition coefficient (Wildman–Crippen LogP) is 4.62. The number of rotatable bonds is 5. The third kappa shape index (κ3) is 4.12. The zero-order valence-corrected chi connectivity index (χ0v) is 20.7. The van der Waals surface area contributed by atoms with Crippen molar-refractivity contribution in [3.8, 4) is 22.8 Å². The average Bonchev–Trinajstić information content (AvgIpc) is 3.34. The maximum atomic E-state index is 13.7. The van der Waals surface area contributed by atoms with Crippen LogP contribution in [0.2, 0.25) is 0 Å². The van der Waals surface area contributed by atoms with E-state index in [-0.39, 0.29) is 40.5 Å². The molecule has 0 radical (unpaired) electrons. The topological polar surface area (TPSA) is 96.3 Å². The van der Waals surface area contributed by atoms with E-state index >= 15 is 0 Å². The number of carbonyl (C=O) groups excluding carboxylic acids is 1. The molecule has 9 heteroatoms. The van der Waals surface area contributed by atoms with Crippen molar-refractivity contribution in [3.63, 3.8) is 0 Å². The maximum Gasteiger partial charge on any atom is 0.273 e. The van der Waals surface area contributed by atoms with Crippen molar-refractivity contribution in [3.05, 3.63) is 70.3 Å². The standard InChI is InChI=1S/C28H29FN6O2/c1-17-21(15-29)16-34(17)28(37)24-25(26-30-12-5-13-31-26)33-35-23(36)14-22(32-27(24)35)20-10-8-19(9-11-20)18-6-3-2-4-7-18/h5,8-14,17-18,21,33H,2-4,6-7,15-16H2,1H3/t17-,21-/m1/s1. The number of benzene rings is 1. The fourth-order valence-corrected chi connectivity index (χ4v) is 5.62. The number of amides is 1. The Bertz CT molecular complexity index is 1490. The lowest BCUT2D eigenvalue weighted by Gasteiger charge is -2.45. The molecule has 37 heavy (non-hydrogen) atoms. The number of hydrogen-bond acceptors (Lipinski definition) is 5. The zero-order valence-electron chi connectivity index (χ0n) is 20.7. The van der Waals surface area contributed by atoms with Crippen LogP contribution in [0.15, 0.2) is 53.6 Å². The van der Waals surface area contributed by atoms with E-state index in [0.717, 1.165) is 5.56 Å². The first-order valence-corrected chi connectivity index (χ1v) is 13.0. The van der Waals surface area contributed by atoms with Crippen molar-refractivity contribution in [2.45, 2.75) is 51.0 Å². The van der Waals surface area contributed by atoms with Gasteiger partial charge < -0.3 is 4.90 Å². The van der Waals surface area contributed by atoms with E-state index in [1.807, 2.05) is 19.1 Å². The fourth-order valence-electron chi connectivity index (χ4n) is 5.62. The summed E-state index contributed by atoms with van der Waals surface area (Å²) in [6, 6.07) is 11.1. The predicted molar refractivity (Wildman–Crippen MR) is 138 cm³/mol. The second kappa shape index (κ2) is 9.53. The number of aromatic nitrogens is 5. The molecule has 1 saturated carbocycles. The molecule has 8 nitrogen and oxygen atoms in total. The Balaban J connectivity index is 1.44. The number of carbonyl (C=O) groups is 1. The number of alkyl halides is 1. The maximum absolute atomic E-state index is 13.7. The van der Waals surface area contributed by atoms with Crippen LogP contribution in [0.5, 0.6) is 0 Å². The Kier molecular flexibility index (Phi) is 6.06. The van der Waals surface area contributed by atoms with Crippen LogP contribution < -0.4 is 5.56 Å². The Hall–Kier alpha value is -3.88. The van der Waals surface area contributed by atoms with Gasteiger partial charge in [-0.25, -0.2) is 19.5 Å². The van der Waals surface area contributed by atoms with E-state index in [9.17, 15) is 14.0 Å². The number of likely N-dealkylation sites (tertiary alicyclic amines) is 1. The van der Waals surface area contributed by atoms with Crippen molar-refractivity contribution < 1.29 is 9.18 Å². The Morgan fingerprint density at radius 1 is 1.11 bits per heavy atom. The van der Waals surface area contributed by atoms with Crippen LogP contribution in [0.4, 0.5) is 4.39 Å². The molecular weight excluding hydrogens is 471 g/mol. The van der Waals surface area contributed by atoms with Gasteiger partial charge in [-0.15, -0.1) is 0 Å². The number of nitrogens with zero attached hydrogens (tertiary/aromatic N) is 5. The number of H-pyrrole nitrogens is 1. The molecule has 2 aliphatic rings. The molecule has 0 unspecified atom stereocenters. The van der Waals surface area contributed by atoms with Crippen molar-refractivity contribution in [1.29, 1.82) is 0 Å². The van der Waals surface area contributed by atoms with Gasteiger partial charge in [0.15, 0.2) is 11.5 Å². The van der Waals surface area contributed by atoms with Crippen LogP contribution in [-0.4, -0.2) is 54.6 Å². The molecule has 2 fully saturated rings. The number of aromatic amines is 1. The van der Waals surface area contributed by atoms with Gasteiger partial charge in [-0.05, 0) is 37.3 Å². The van der Waals surface area contributed by atoms with E-state index in [1.165, 1.54) is 48.2 Å². The van der Waals surface area contributed by atoms with Crippen LogP contribution in [0.3, 0.4) is 0 Å². The molecule has 4 heterocycles. The van der Waals surface area contributed by atoms with Gasteiger partial charge in [-0.2, -0.15) is 0 Å². The minimum atomic E-state index is -0.480. The van der Waals surface area contributed by atoms with E-state index in [1.54, 1.807) is 23.4 Å². The van der Waals surface area contributed by atoms with Crippen molar-refractivity contribution in [1.82, 2.24) is 29.5 Å². The second-order valence-electron chi connectivity index (χ2n) is 10.1. The van der Waals surface area contributed by atoms with Crippen molar-refractivity contribution in [2.75, 3.05) is 13.2 Å². The van der Waals surface area contributed by atoms with Gasteiger partial charge in [-0.1, -0.05) is 43.5 Å². The molecule has 2 atom stereocenters. The number of hydrogen-bond donors (Lipinski definition) is 1. The molecule has 1 aliphatic carbocycles. The number of fused-ring (bicyclic) bond motifs is 1. The summed E-state index contributed by atoms with van der Waals surface area (Å²) < 4.78 is 14.5. The number of nitrogens with one attached hydrogen (secondary N) is 1. The van der Waals surface area contributed by atoms with Crippen LogP contribution in [0.1, 0.15) is 60.9 Å². The van der Waals surface area contributed by atoms with Crippen LogP contribution in [0, 0.1) is 5.92 Å². The highest BCUT2D eigenvalue weighted by atomic mass is 19.1. The van der Waals surface area contributed by atoms with Gasteiger partial charge in [0.25, 0.3) is 11.5 Å². The summed E-state index contributed by atoms with van der Waals surface area (Å²) >= 11 is 0. The molecule has 0 spiro atoms. The molecule has 1 N–H and O–H groups in total. The normalized spacial score (nSPS) is 20.2. The molecular formula is C28H29FN6O2. The lowest BCUT2D eigenvalue weighted by atomic mass is 9.84. The monoisotopic (exact) mass is 500 g/mol. The van der Waals surface area contributed by atoms with Gasteiger partial charge in [0, 0.05) is 42.5 Å². The van der Waals surface area contributed by atoms with Crippen LogP contribution >= 0.6 is 0 Å². The summed E-state index contributed by atoms with van der Waals surface area (Å²) in [7, 11) is 0. The van der Waals surface area contributed by atoms with Gasteiger partial charge >= 0.3 is 0 Å². The van der Waals surface area contributed by atoms with Crippen LogP contribution in [0.25, 0.3) is 28.4 Å². The minimum absolute atomic E-state index is 0.195. The molecule has 3 aromatic heterocycles. The third-order valence-electron chi connectivity index (χ3n) is 7.97. The van der Waals surface area contributed by atoms with E-state index < -0.39 is 6.67 Å². The highest BCUT2D eigenvalue weighted by molar-refractivity contribution is 6.05. The summed E-state index contributed by atoms with van der Waals surface area (Å²) in [6.07, 6.45) is 9.40. The molecule has 0 bridgehead atoms. The molecule has 1 saturated heterocycles. The summed E-state index contributed by atoms with van der Waals surface area (Å²) in [5.41, 5.74) is 3.02. The first-order valence-electron chi connectivity index (χ1n) is 13.0. The van der Waals surface area contributed by atoms with Gasteiger partial charge in [0.1, 0.15) is 11.3 Å². The smallest absolute Gasteiger partial charge is 0.273 e. The highest BCUT2D eigenvalue weighted by Gasteiger charge is 2.41. The van der Waals surface area contributed by atoms with Gasteiger partial charge in [0.05, 0.1) is 12.4 Å². The minimum Gasteiger partial charge on any atom is -0.335 e. The average molecular weight is 501 g/mol. The number of halogens is 1. The summed E-state index contributed by atoms with van der Waals surface area (Å²) in [4.78, 5) is 41.9. The highest BCUT2D eigenvalue weighted by Crippen LogP contribution is 2.34. The summed E-state index contributed by atoms with van der Waals surface area (Å²) in [6.45, 7) is 1.67. The molecule has 4 aromatic rings. The molecule has 190 valence electrons. The van der Waals surface area contributed by atoms with Crippen LogP contribution in [-0.2, 0) is 0 Å². The lowest BCUT2D eigenvalue weighted by Crippen LogP contribution is -2.58. The van der Waals surface area contributed by atoms with E-state index in [4.69, 9.17) is 4.98 Å². The second-order valence-corrected chi connectivity index (χ2v) is 10.1. The first kappa shape index (κ1) is 23.5. The third-order valence-corrected chi connectivity index (χ3v) is 7.97. The Morgan fingerprint density at radius 2 is 1.84 bits per heavy atom. The Labute approximate surface area is 213 Å². The molecule has 1 amide bonds. The Morgan fingerprint density at radius 3 is 2.51 bits per heavy atom. The van der Waals surface area contributed by atoms with Crippen molar-refractivity contribution >= 4 is 11.6 Å². The molecule has 1 aromatic carbocycles. The van der Waals surface area contributed by atoms with Crippen molar-refractivity contribution in [2.24, 2.45) is 5.92 Å². The summed E-state index contributed by atoms with van der Waals surface area (Å²) in [5.74, 6) is 0.344. The SMILES string of the molecule is C[C@@H]1[C@H](CF)CN1C(=O)c1c(-c2ncccn2)[nH]n2c(=O)cc(-c3ccc(C4CCCCC4)cc3)nc12. The lowest BCUT2D eigenvalue weighted by molar-refractivity contribution is 0.0142. The summed E-state index contributed by atoms with van der Waals surface area (Å²) in [5, 5.41) is 3.00.